The molecule has 0 amide bonds. The van der Waals surface area contributed by atoms with Crippen LogP contribution in [-0.2, 0) is 0 Å². The lowest BCUT2D eigenvalue weighted by Gasteiger charge is -2.08. The number of nitro groups is 1. The van der Waals surface area contributed by atoms with Gasteiger partial charge in [-0.1, -0.05) is 6.07 Å². The van der Waals surface area contributed by atoms with E-state index in [4.69, 9.17) is 17.2 Å². The molecule has 0 spiro atoms. The molecule has 1 aromatic rings. The van der Waals surface area contributed by atoms with Crippen molar-refractivity contribution in [1.82, 2.24) is 0 Å². The maximum absolute atomic E-state index is 10.5. The Morgan fingerprint density at radius 2 is 2.14 bits per heavy atom. The third-order valence-corrected chi connectivity index (χ3v) is 1.93. The number of benzene rings is 1. The Hall–Kier alpha value is -1.66. The van der Waals surface area contributed by atoms with Crippen molar-refractivity contribution in [3.8, 4) is 0 Å². The number of rotatable bonds is 3. The van der Waals surface area contributed by atoms with E-state index in [1.165, 1.54) is 12.1 Å². The summed E-state index contributed by atoms with van der Waals surface area (Å²) in [6, 6.07) is 4.06. The number of nitrogen functional groups attached to an aromatic ring is 1. The zero-order valence-electron chi connectivity index (χ0n) is 7.51. The van der Waals surface area contributed by atoms with Crippen molar-refractivity contribution in [1.29, 1.82) is 0 Å². The van der Waals surface area contributed by atoms with Crippen LogP contribution in [0.25, 0.3) is 0 Å². The van der Waals surface area contributed by atoms with Gasteiger partial charge in [0.15, 0.2) is 0 Å². The predicted octanol–water partition coefficient (Wildman–Crippen LogP) is 0.135. The molecule has 6 heteroatoms. The average Bonchev–Trinajstić information content (AvgIpc) is 2.17. The van der Waals surface area contributed by atoms with Gasteiger partial charge < -0.3 is 17.2 Å². The van der Waals surface area contributed by atoms with Crippen LogP contribution in [0, 0.1) is 10.1 Å². The Labute approximate surface area is 80.8 Å². The summed E-state index contributed by atoms with van der Waals surface area (Å²) in [5.74, 6) is 0. The van der Waals surface area contributed by atoms with Gasteiger partial charge in [0.1, 0.15) is 5.69 Å². The molecule has 1 rings (SSSR count). The third kappa shape index (κ3) is 1.98. The van der Waals surface area contributed by atoms with Gasteiger partial charge in [-0.05, 0) is 11.6 Å². The van der Waals surface area contributed by atoms with Crippen LogP contribution in [0.4, 0.5) is 11.4 Å². The summed E-state index contributed by atoms with van der Waals surface area (Å²) in [6.07, 6.45) is 0. The predicted molar refractivity (Wildman–Crippen MR) is 53.5 cm³/mol. The van der Waals surface area contributed by atoms with E-state index in [0.29, 0.717) is 5.56 Å². The minimum absolute atomic E-state index is 0.128. The van der Waals surface area contributed by atoms with E-state index in [2.05, 4.69) is 0 Å². The topological polar surface area (TPSA) is 121 Å². The molecule has 0 heterocycles. The van der Waals surface area contributed by atoms with Gasteiger partial charge in [0.05, 0.1) is 4.92 Å². The summed E-state index contributed by atoms with van der Waals surface area (Å²) in [4.78, 5) is 10.00. The molecule has 14 heavy (non-hydrogen) atoms. The lowest BCUT2D eigenvalue weighted by molar-refractivity contribution is -0.384. The maximum atomic E-state index is 10.5. The maximum Gasteiger partial charge on any atom is 0.292 e. The minimum Gasteiger partial charge on any atom is -0.393 e. The fourth-order valence-electron chi connectivity index (χ4n) is 1.09. The largest absolute Gasteiger partial charge is 0.393 e. The van der Waals surface area contributed by atoms with Crippen LogP contribution in [0.1, 0.15) is 11.6 Å². The molecule has 0 bridgehead atoms. The molecule has 76 valence electrons. The second-order valence-corrected chi connectivity index (χ2v) is 2.92. The molecule has 0 aliphatic carbocycles. The summed E-state index contributed by atoms with van der Waals surface area (Å²) >= 11 is 0. The van der Waals surface area contributed by atoms with Crippen LogP contribution >= 0.6 is 0 Å². The van der Waals surface area contributed by atoms with Crippen molar-refractivity contribution >= 4 is 11.4 Å². The quantitative estimate of drug-likeness (QED) is 0.360. The van der Waals surface area contributed by atoms with Gasteiger partial charge in [0.25, 0.3) is 5.69 Å². The van der Waals surface area contributed by atoms with Crippen LogP contribution in [0.15, 0.2) is 18.2 Å². The molecule has 0 saturated carbocycles. The van der Waals surface area contributed by atoms with Gasteiger partial charge in [0.2, 0.25) is 0 Å². The van der Waals surface area contributed by atoms with Crippen molar-refractivity contribution < 1.29 is 4.92 Å². The second-order valence-electron chi connectivity index (χ2n) is 2.92. The first kappa shape index (κ1) is 10.4. The standard InChI is InChI=1S/C8H12N4O2/c9-4-7(11)5-1-2-6(10)8(3-5)12(13)14/h1-3,7H,4,9-11H2/t7-/m0/s1. The van der Waals surface area contributed by atoms with E-state index < -0.39 is 11.0 Å². The molecule has 0 fully saturated rings. The summed E-state index contributed by atoms with van der Waals surface area (Å²) < 4.78 is 0. The van der Waals surface area contributed by atoms with Crippen molar-refractivity contribution in [3.63, 3.8) is 0 Å². The first-order valence-corrected chi connectivity index (χ1v) is 4.05. The van der Waals surface area contributed by atoms with Crippen molar-refractivity contribution in [3.05, 3.63) is 33.9 Å². The van der Waals surface area contributed by atoms with Gasteiger partial charge in [-0.25, -0.2) is 0 Å². The summed E-state index contributed by atoms with van der Waals surface area (Å²) in [5.41, 5.74) is 17.0. The van der Waals surface area contributed by atoms with Crippen LogP contribution < -0.4 is 17.2 Å². The van der Waals surface area contributed by atoms with E-state index in [9.17, 15) is 10.1 Å². The van der Waals surface area contributed by atoms with Crippen LogP contribution in [0.5, 0.6) is 0 Å². The molecule has 0 saturated heterocycles. The Morgan fingerprint density at radius 1 is 1.50 bits per heavy atom. The number of nitro benzene ring substituents is 1. The molecule has 0 aliphatic rings. The monoisotopic (exact) mass is 196 g/mol. The Kier molecular flexibility index (Phi) is 3.00. The molecular formula is C8H12N4O2. The Bertz CT molecular complexity index is 353. The van der Waals surface area contributed by atoms with Gasteiger partial charge in [-0.2, -0.15) is 0 Å². The second kappa shape index (κ2) is 4.03. The van der Waals surface area contributed by atoms with E-state index in [1.54, 1.807) is 6.07 Å². The Morgan fingerprint density at radius 3 is 2.64 bits per heavy atom. The van der Waals surface area contributed by atoms with Crippen molar-refractivity contribution in [2.24, 2.45) is 11.5 Å². The number of anilines is 1. The zero-order chi connectivity index (χ0) is 10.7. The SMILES string of the molecule is NC[C@H](N)c1ccc(N)c([N+](=O)[O-])c1. The third-order valence-electron chi connectivity index (χ3n) is 1.93. The molecule has 0 unspecified atom stereocenters. The first-order valence-electron chi connectivity index (χ1n) is 4.05. The first-order chi connectivity index (χ1) is 6.56. The average molecular weight is 196 g/mol. The van der Waals surface area contributed by atoms with Gasteiger partial charge in [-0.3, -0.25) is 10.1 Å². The summed E-state index contributed by atoms with van der Waals surface area (Å²) in [7, 11) is 0. The molecule has 1 aromatic carbocycles. The van der Waals surface area contributed by atoms with Gasteiger partial charge in [-0.15, -0.1) is 0 Å². The van der Waals surface area contributed by atoms with Crippen molar-refractivity contribution in [2.45, 2.75) is 6.04 Å². The molecule has 0 radical (unpaired) electrons. The van der Waals surface area contributed by atoms with E-state index in [-0.39, 0.29) is 17.9 Å². The number of nitrogens with two attached hydrogens (primary N) is 3. The summed E-state index contributed by atoms with van der Waals surface area (Å²) in [5, 5.41) is 10.5. The molecular weight excluding hydrogens is 184 g/mol. The lowest BCUT2D eigenvalue weighted by atomic mass is 10.1. The number of hydrogen-bond acceptors (Lipinski definition) is 5. The Balaban J connectivity index is 3.12. The van der Waals surface area contributed by atoms with Gasteiger partial charge >= 0.3 is 0 Å². The number of hydrogen-bond donors (Lipinski definition) is 3. The van der Waals surface area contributed by atoms with E-state index in [0.717, 1.165) is 0 Å². The van der Waals surface area contributed by atoms with E-state index >= 15 is 0 Å². The molecule has 6 nitrogen and oxygen atoms in total. The fraction of sp³-hybridized carbons (Fsp3) is 0.250. The minimum atomic E-state index is -0.540. The smallest absolute Gasteiger partial charge is 0.292 e. The fourth-order valence-corrected chi connectivity index (χ4v) is 1.09. The van der Waals surface area contributed by atoms with Gasteiger partial charge in [0, 0.05) is 18.7 Å². The number of nitrogens with zero attached hydrogens (tertiary/aromatic N) is 1. The van der Waals surface area contributed by atoms with E-state index in [1.807, 2.05) is 0 Å². The molecule has 1 atom stereocenters. The molecule has 0 aromatic heterocycles. The zero-order valence-corrected chi connectivity index (χ0v) is 7.51. The highest BCUT2D eigenvalue weighted by Crippen LogP contribution is 2.24. The van der Waals surface area contributed by atoms with Crippen LogP contribution in [0.3, 0.4) is 0 Å². The van der Waals surface area contributed by atoms with Crippen molar-refractivity contribution in [2.75, 3.05) is 12.3 Å². The molecule has 6 N–H and O–H groups in total. The van der Waals surface area contributed by atoms with Crippen LogP contribution in [0.2, 0.25) is 0 Å². The highest BCUT2D eigenvalue weighted by atomic mass is 16.6. The van der Waals surface area contributed by atoms with Crippen LogP contribution in [-0.4, -0.2) is 11.5 Å². The highest BCUT2D eigenvalue weighted by molar-refractivity contribution is 5.59. The lowest BCUT2D eigenvalue weighted by Crippen LogP contribution is -2.20. The molecule has 0 aliphatic heterocycles. The highest BCUT2D eigenvalue weighted by Gasteiger charge is 2.14. The normalized spacial score (nSPS) is 12.4. The summed E-state index contributed by atoms with van der Waals surface area (Å²) in [6.45, 7) is 0.237.